The predicted octanol–water partition coefficient (Wildman–Crippen LogP) is 8.68. The molecular weight excluding hydrogens is 338 g/mol. The summed E-state index contributed by atoms with van der Waals surface area (Å²) in [5.41, 5.74) is 6.39. The molecule has 2 heteroatoms. The molecule has 0 aromatic rings. The lowest BCUT2D eigenvalue weighted by Crippen LogP contribution is -2.43. The van der Waals surface area contributed by atoms with E-state index in [0.717, 1.165) is 5.92 Å². The third-order valence-electron chi connectivity index (χ3n) is 6.16. The van der Waals surface area contributed by atoms with Gasteiger partial charge < -0.3 is 5.73 Å². The van der Waals surface area contributed by atoms with Gasteiger partial charge in [0.05, 0.1) is 0 Å². The molecule has 2 unspecified atom stereocenters. The van der Waals surface area contributed by atoms with Crippen LogP contribution in [0, 0.1) is 11.8 Å². The van der Waals surface area contributed by atoms with E-state index in [9.17, 15) is 0 Å². The molecule has 0 spiro atoms. The number of hydrogen-bond acceptors (Lipinski definition) is 1. The Labute approximate surface area is 173 Å². The zero-order valence-electron chi connectivity index (χ0n) is 19.0. The molecule has 0 heterocycles. The smallest absolute Gasteiger partial charge is 0.0128 e. The Morgan fingerprint density at radius 1 is 0.654 bits per heavy atom. The van der Waals surface area contributed by atoms with Crippen molar-refractivity contribution in [2.75, 3.05) is 0 Å². The molecule has 0 amide bonds. The van der Waals surface area contributed by atoms with Gasteiger partial charge in [-0.15, -0.1) is 12.4 Å². The first-order valence-corrected chi connectivity index (χ1v) is 11.7. The van der Waals surface area contributed by atoms with Gasteiger partial charge in [0.15, 0.2) is 0 Å². The summed E-state index contributed by atoms with van der Waals surface area (Å²) in [5, 5.41) is 0. The van der Waals surface area contributed by atoms with E-state index in [1.54, 1.807) is 0 Å². The van der Waals surface area contributed by atoms with Gasteiger partial charge in [0.2, 0.25) is 0 Å². The van der Waals surface area contributed by atoms with Crippen molar-refractivity contribution in [3.8, 4) is 0 Å². The van der Waals surface area contributed by atoms with Gasteiger partial charge in [-0.2, -0.15) is 0 Å². The molecule has 0 saturated carbocycles. The lowest BCUT2D eigenvalue weighted by atomic mass is 9.75. The Kier molecular flexibility index (Phi) is 20.4. The molecule has 0 radical (unpaired) electrons. The highest BCUT2D eigenvalue weighted by molar-refractivity contribution is 5.85. The number of unbranched alkanes of at least 4 members (excludes halogenated alkanes) is 13. The van der Waals surface area contributed by atoms with Gasteiger partial charge in [-0.05, 0) is 32.1 Å². The van der Waals surface area contributed by atoms with Crippen molar-refractivity contribution in [2.45, 2.75) is 143 Å². The zero-order valence-corrected chi connectivity index (χ0v) is 19.8. The first-order valence-electron chi connectivity index (χ1n) is 11.7. The van der Waals surface area contributed by atoms with Crippen molar-refractivity contribution in [1.82, 2.24) is 0 Å². The van der Waals surface area contributed by atoms with Crippen molar-refractivity contribution >= 4 is 12.4 Å². The number of rotatable bonds is 18. The van der Waals surface area contributed by atoms with Crippen molar-refractivity contribution < 1.29 is 0 Å². The molecule has 0 aromatic heterocycles. The summed E-state index contributed by atoms with van der Waals surface area (Å²) >= 11 is 0. The molecule has 2 atom stereocenters. The van der Waals surface area contributed by atoms with E-state index < -0.39 is 0 Å². The lowest BCUT2D eigenvalue weighted by molar-refractivity contribution is 0.205. The molecule has 0 bridgehead atoms. The topological polar surface area (TPSA) is 26.0 Å². The molecule has 0 aliphatic carbocycles. The normalized spacial score (nSPS) is 14.1. The van der Waals surface area contributed by atoms with Crippen LogP contribution < -0.4 is 5.73 Å². The fourth-order valence-electron chi connectivity index (χ4n) is 4.23. The number of hydrogen-bond donors (Lipinski definition) is 1. The Morgan fingerprint density at radius 2 is 1.00 bits per heavy atom. The average molecular weight is 390 g/mol. The van der Waals surface area contributed by atoms with E-state index in [1.807, 2.05) is 0 Å². The number of nitrogens with two attached hydrogens (primary N) is 1. The third-order valence-corrected chi connectivity index (χ3v) is 6.16. The summed E-state index contributed by atoms with van der Waals surface area (Å²) in [6.07, 6.45) is 22.7. The van der Waals surface area contributed by atoms with Crippen LogP contribution in [0.4, 0.5) is 0 Å². The van der Waals surface area contributed by atoms with Crippen LogP contribution in [0.25, 0.3) is 0 Å². The van der Waals surface area contributed by atoms with Crippen LogP contribution in [0.2, 0.25) is 0 Å². The first-order chi connectivity index (χ1) is 11.9. The monoisotopic (exact) mass is 389 g/mol. The lowest BCUT2D eigenvalue weighted by Gasteiger charge is -2.35. The third kappa shape index (κ3) is 16.4. The minimum absolute atomic E-state index is 0. The molecule has 2 N–H and O–H groups in total. The van der Waals surface area contributed by atoms with Gasteiger partial charge >= 0.3 is 0 Å². The van der Waals surface area contributed by atoms with Crippen LogP contribution in [0.1, 0.15) is 137 Å². The fraction of sp³-hybridized carbons (Fsp3) is 1.00. The predicted molar refractivity (Wildman–Crippen MR) is 123 cm³/mol. The van der Waals surface area contributed by atoms with Crippen molar-refractivity contribution in [3.05, 3.63) is 0 Å². The molecule has 0 fully saturated rings. The second-order valence-corrected chi connectivity index (χ2v) is 9.20. The molecular formula is C24H52ClN. The largest absolute Gasteiger partial charge is 0.325 e. The molecule has 0 rings (SSSR count). The molecule has 0 aliphatic heterocycles. The maximum Gasteiger partial charge on any atom is 0.0128 e. The van der Waals surface area contributed by atoms with Crippen LogP contribution in [0.15, 0.2) is 0 Å². The summed E-state index contributed by atoms with van der Waals surface area (Å²) in [6.45, 7) is 11.4. The molecule has 0 aromatic carbocycles. The summed E-state index contributed by atoms with van der Waals surface area (Å²) in [5.74, 6) is 1.43. The highest BCUT2D eigenvalue weighted by atomic mass is 35.5. The van der Waals surface area contributed by atoms with E-state index in [-0.39, 0.29) is 17.9 Å². The van der Waals surface area contributed by atoms with Crippen molar-refractivity contribution in [2.24, 2.45) is 17.6 Å². The van der Waals surface area contributed by atoms with E-state index >= 15 is 0 Å². The van der Waals surface area contributed by atoms with Gasteiger partial charge in [-0.1, -0.05) is 117 Å². The van der Waals surface area contributed by atoms with Gasteiger partial charge in [-0.3, -0.25) is 0 Å². The van der Waals surface area contributed by atoms with Gasteiger partial charge in [0.25, 0.3) is 0 Å². The standard InChI is InChI=1S/C24H51N.ClH/c1-6-8-9-10-11-12-13-14-15-16-17-18-19-20-21-23(22(3)7-2)24(4,5)25;/h22-23H,6-21,25H2,1-5H3;1H. The summed E-state index contributed by atoms with van der Waals surface area (Å²) in [6, 6.07) is 0. The summed E-state index contributed by atoms with van der Waals surface area (Å²) in [4.78, 5) is 0. The Bertz CT molecular complexity index is 272. The van der Waals surface area contributed by atoms with Crippen molar-refractivity contribution in [1.29, 1.82) is 0 Å². The van der Waals surface area contributed by atoms with Crippen LogP contribution in [0.3, 0.4) is 0 Å². The molecule has 160 valence electrons. The minimum atomic E-state index is -0.0219. The minimum Gasteiger partial charge on any atom is -0.325 e. The van der Waals surface area contributed by atoms with E-state index in [2.05, 4.69) is 34.6 Å². The molecule has 0 aliphatic rings. The van der Waals surface area contributed by atoms with E-state index in [1.165, 1.54) is 103 Å². The maximum atomic E-state index is 6.41. The van der Waals surface area contributed by atoms with Crippen LogP contribution in [-0.2, 0) is 0 Å². The molecule has 1 nitrogen and oxygen atoms in total. The Hall–Kier alpha value is 0.250. The van der Waals surface area contributed by atoms with E-state index in [0.29, 0.717) is 5.92 Å². The van der Waals surface area contributed by atoms with Crippen molar-refractivity contribution in [3.63, 3.8) is 0 Å². The van der Waals surface area contributed by atoms with Crippen LogP contribution in [-0.4, -0.2) is 5.54 Å². The highest BCUT2D eigenvalue weighted by Crippen LogP contribution is 2.30. The maximum absolute atomic E-state index is 6.41. The SMILES string of the molecule is CCCCCCCCCCCCCCCCC(C(C)CC)C(C)(C)N.Cl. The first kappa shape index (κ1) is 28.5. The molecule has 0 saturated heterocycles. The quantitative estimate of drug-likeness (QED) is 0.233. The van der Waals surface area contributed by atoms with Gasteiger partial charge in [0, 0.05) is 5.54 Å². The summed E-state index contributed by atoms with van der Waals surface area (Å²) in [7, 11) is 0. The highest BCUT2D eigenvalue weighted by Gasteiger charge is 2.28. The Balaban J connectivity index is 0. The number of halogens is 1. The Morgan fingerprint density at radius 3 is 1.31 bits per heavy atom. The van der Waals surface area contributed by atoms with Crippen LogP contribution in [0.5, 0.6) is 0 Å². The van der Waals surface area contributed by atoms with Gasteiger partial charge in [0.1, 0.15) is 0 Å². The van der Waals surface area contributed by atoms with E-state index in [4.69, 9.17) is 5.73 Å². The molecule has 26 heavy (non-hydrogen) atoms. The second kappa shape index (κ2) is 18.6. The van der Waals surface area contributed by atoms with Crippen LogP contribution >= 0.6 is 12.4 Å². The zero-order chi connectivity index (χ0) is 19.0. The summed E-state index contributed by atoms with van der Waals surface area (Å²) < 4.78 is 0. The second-order valence-electron chi connectivity index (χ2n) is 9.20. The van der Waals surface area contributed by atoms with Gasteiger partial charge in [-0.25, -0.2) is 0 Å². The fourth-order valence-corrected chi connectivity index (χ4v) is 4.23. The average Bonchev–Trinajstić information content (AvgIpc) is 2.56.